The van der Waals surface area contributed by atoms with Gasteiger partial charge in [-0.05, 0) is 44.5 Å². The number of benzene rings is 5. The summed E-state index contributed by atoms with van der Waals surface area (Å²) >= 11 is 0. The molecule has 0 aromatic heterocycles. The summed E-state index contributed by atoms with van der Waals surface area (Å²) in [7, 11) is -2.35. The van der Waals surface area contributed by atoms with Crippen LogP contribution in [0, 0.1) is 0 Å². The van der Waals surface area contributed by atoms with Gasteiger partial charge < -0.3 is 9.79 Å². The lowest BCUT2D eigenvalue weighted by molar-refractivity contribution is 0.497. The summed E-state index contributed by atoms with van der Waals surface area (Å²) in [5.74, 6) is 0. The van der Waals surface area contributed by atoms with E-state index in [0.717, 1.165) is 44.5 Å². The molecular weight excluding hydrogens is 423 g/mol. The van der Waals surface area contributed by atoms with Crippen LogP contribution >= 0.6 is 8.38 Å². The van der Waals surface area contributed by atoms with Crippen molar-refractivity contribution >= 4 is 13.7 Å². The second-order valence-corrected chi connectivity index (χ2v) is 8.84. The van der Waals surface area contributed by atoms with E-state index in [0.29, 0.717) is 5.30 Å². The van der Waals surface area contributed by atoms with Crippen molar-refractivity contribution in [3.8, 4) is 44.5 Å². The molecule has 33 heavy (non-hydrogen) atoms. The highest BCUT2D eigenvalue weighted by atomic mass is 31.2. The van der Waals surface area contributed by atoms with Gasteiger partial charge in [-0.1, -0.05) is 127 Å². The minimum Gasteiger partial charge on any atom is -0.347 e. The fourth-order valence-electron chi connectivity index (χ4n) is 4.37. The molecular formula is C30H23O2P. The van der Waals surface area contributed by atoms with Crippen LogP contribution in [0.4, 0.5) is 0 Å². The molecule has 0 unspecified atom stereocenters. The van der Waals surface area contributed by atoms with E-state index in [1.165, 1.54) is 0 Å². The molecule has 0 atom stereocenters. The zero-order valence-corrected chi connectivity index (χ0v) is 18.9. The first kappa shape index (κ1) is 21.3. The quantitative estimate of drug-likeness (QED) is 0.279. The lowest BCUT2D eigenvalue weighted by Gasteiger charge is -2.20. The van der Waals surface area contributed by atoms with Gasteiger partial charge in [-0.3, -0.25) is 0 Å². The molecule has 2 nitrogen and oxygen atoms in total. The van der Waals surface area contributed by atoms with Crippen LogP contribution in [0.1, 0.15) is 0 Å². The molecule has 0 radical (unpaired) electrons. The van der Waals surface area contributed by atoms with Gasteiger partial charge in [-0.15, -0.1) is 0 Å². The molecule has 0 fully saturated rings. The standard InChI is InChI=1S/C30H23O2P/c31-33(32)30-28(26-18-9-7-16-24(26)22-12-3-1-4-13-22)20-11-21-29(30)27-19-10-8-17-25(27)23-14-5-2-6-15-23/h1-21,31-32H. The smallest absolute Gasteiger partial charge is 0.200 e. The van der Waals surface area contributed by atoms with E-state index in [1.54, 1.807) is 0 Å². The van der Waals surface area contributed by atoms with E-state index < -0.39 is 8.38 Å². The van der Waals surface area contributed by atoms with E-state index in [-0.39, 0.29) is 0 Å². The van der Waals surface area contributed by atoms with Crippen LogP contribution in [0.5, 0.6) is 0 Å². The zero-order valence-electron chi connectivity index (χ0n) is 18.0. The first-order valence-electron chi connectivity index (χ1n) is 10.8. The third kappa shape index (κ3) is 4.25. The van der Waals surface area contributed by atoms with Crippen molar-refractivity contribution in [1.29, 1.82) is 0 Å². The summed E-state index contributed by atoms with van der Waals surface area (Å²) < 4.78 is 0. The normalized spacial score (nSPS) is 11.0. The van der Waals surface area contributed by atoms with Crippen LogP contribution in [0.3, 0.4) is 0 Å². The Morgan fingerprint density at radius 1 is 0.333 bits per heavy atom. The van der Waals surface area contributed by atoms with Gasteiger partial charge in [0, 0.05) is 5.30 Å². The highest BCUT2D eigenvalue weighted by Crippen LogP contribution is 2.41. The molecule has 0 heterocycles. The van der Waals surface area contributed by atoms with E-state index in [4.69, 9.17) is 0 Å². The Kier molecular flexibility index (Phi) is 6.15. The summed E-state index contributed by atoms with van der Waals surface area (Å²) in [5, 5.41) is 0.569. The maximum Gasteiger partial charge on any atom is 0.200 e. The second kappa shape index (κ2) is 9.52. The van der Waals surface area contributed by atoms with Crippen molar-refractivity contribution in [2.24, 2.45) is 0 Å². The molecule has 0 aliphatic heterocycles. The summed E-state index contributed by atoms with van der Waals surface area (Å²) in [6.07, 6.45) is 0. The Hall–Kier alpha value is -3.55. The van der Waals surface area contributed by atoms with Gasteiger partial charge in [0.15, 0.2) is 0 Å². The van der Waals surface area contributed by atoms with Gasteiger partial charge in [0.1, 0.15) is 0 Å². The Balaban J connectivity index is 1.76. The Labute approximate surface area is 195 Å². The molecule has 0 saturated heterocycles. The van der Waals surface area contributed by atoms with Gasteiger partial charge in [0.25, 0.3) is 0 Å². The summed E-state index contributed by atoms with van der Waals surface area (Å²) in [6.45, 7) is 0. The van der Waals surface area contributed by atoms with Crippen LogP contribution in [-0.4, -0.2) is 9.79 Å². The lowest BCUT2D eigenvalue weighted by Crippen LogP contribution is -2.10. The van der Waals surface area contributed by atoms with Crippen molar-refractivity contribution in [2.45, 2.75) is 0 Å². The van der Waals surface area contributed by atoms with Gasteiger partial charge in [0.2, 0.25) is 8.38 Å². The van der Waals surface area contributed by atoms with E-state index >= 15 is 0 Å². The van der Waals surface area contributed by atoms with E-state index in [9.17, 15) is 9.79 Å². The first-order chi connectivity index (χ1) is 16.2. The molecule has 0 bridgehead atoms. The van der Waals surface area contributed by atoms with Crippen molar-refractivity contribution in [1.82, 2.24) is 0 Å². The Bertz CT molecular complexity index is 1280. The molecule has 160 valence electrons. The van der Waals surface area contributed by atoms with Crippen molar-refractivity contribution in [3.63, 3.8) is 0 Å². The third-order valence-corrected chi connectivity index (χ3v) is 6.72. The van der Waals surface area contributed by atoms with Crippen LogP contribution in [-0.2, 0) is 0 Å². The molecule has 0 amide bonds. The Morgan fingerprint density at radius 3 is 1.06 bits per heavy atom. The molecule has 0 saturated carbocycles. The van der Waals surface area contributed by atoms with Gasteiger partial charge in [-0.25, -0.2) is 0 Å². The molecule has 0 aliphatic rings. The lowest BCUT2D eigenvalue weighted by atomic mass is 9.90. The average molecular weight is 446 g/mol. The van der Waals surface area contributed by atoms with E-state index in [1.807, 2.05) is 91.0 Å². The minimum atomic E-state index is -2.35. The van der Waals surface area contributed by atoms with E-state index in [2.05, 4.69) is 36.4 Å². The number of rotatable bonds is 5. The molecule has 0 aliphatic carbocycles. The molecule has 2 N–H and O–H groups in total. The predicted octanol–water partition coefficient (Wildman–Crippen LogP) is 7.28. The minimum absolute atomic E-state index is 0.569. The van der Waals surface area contributed by atoms with Crippen LogP contribution in [0.2, 0.25) is 0 Å². The fourth-order valence-corrected chi connectivity index (χ4v) is 5.19. The zero-order chi connectivity index (χ0) is 22.6. The van der Waals surface area contributed by atoms with Gasteiger partial charge in [0.05, 0.1) is 0 Å². The van der Waals surface area contributed by atoms with Crippen LogP contribution in [0.25, 0.3) is 44.5 Å². The number of hydrogen-bond acceptors (Lipinski definition) is 2. The number of hydrogen-bond donors (Lipinski definition) is 2. The Morgan fingerprint density at radius 2 is 0.667 bits per heavy atom. The topological polar surface area (TPSA) is 40.5 Å². The maximum absolute atomic E-state index is 10.7. The summed E-state index contributed by atoms with van der Waals surface area (Å²) in [5.41, 5.74) is 7.94. The highest BCUT2D eigenvalue weighted by Gasteiger charge is 2.21. The molecule has 5 rings (SSSR count). The molecule has 0 spiro atoms. The van der Waals surface area contributed by atoms with Crippen molar-refractivity contribution in [2.75, 3.05) is 0 Å². The van der Waals surface area contributed by atoms with Gasteiger partial charge >= 0.3 is 0 Å². The van der Waals surface area contributed by atoms with Crippen LogP contribution in [0.15, 0.2) is 127 Å². The molecule has 5 aromatic rings. The highest BCUT2D eigenvalue weighted by molar-refractivity contribution is 7.54. The van der Waals surface area contributed by atoms with Crippen molar-refractivity contribution < 1.29 is 9.79 Å². The monoisotopic (exact) mass is 446 g/mol. The molecule has 3 heteroatoms. The second-order valence-electron chi connectivity index (χ2n) is 7.81. The third-order valence-electron chi connectivity index (χ3n) is 5.84. The largest absolute Gasteiger partial charge is 0.347 e. The van der Waals surface area contributed by atoms with Crippen LogP contribution < -0.4 is 5.30 Å². The summed E-state index contributed by atoms with van der Waals surface area (Å²) in [6, 6.07) is 42.6. The molecule has 5 aromatic carbocycles. The van der Waals surface area contributed by atoms with Gasteiger partial charge in [-0.2, -0.15) is 0 Å². The average Bonchev–Trinajstić information content (AvgIpc) is 2.89. The predicted molar refractivity (Wildman–Crippen MR) is 139 cm³/mol. The summed E-state index contributed by atoms with van der Waals surface area (Å²) in [4.78, 5) is 21.3. The fraction of sp³-hybridized carbons (Fsp3) is 0. The SMILES string of the molecule is OP(O)c1c(-c2ccccc2-c2ccccc2)cccc1-c1ccccc1-c1ccccc1. The maximum atomic E-state index is 10.7. The first-order valence-corrected chi connectivity index (χ1v) is 12.1. The van der Waals surface area contributed by atoms with Crippen molar-refractivity contribution in [3.05, 3.63) is 127 Å².